The summed E-state index contributed by atoms with van der Waals surface area (Å²) in [6, 6.07) is 12.0. The number of rotatable bonds is 8. The van der Waals surface area contributed by atoms with E-state index in [1.807, 2.05) is 42.7 Å². The molecule has 30 heavy (non-hydrogen) atoms. The van der Waals surface area contributed by atoms with E-state index in [-0.39, 0.29) is 12.3 Å². The van der Waals surface area contributed by atoms with Gasteiger partial charge in [0.15, 0.2) is 6.29 Å². The van der Waals surface area contributed by atoms with Crippen LogP contribution in [0.3, 0.4) is 0 Å². The summed E-state index contributed by atoms with van der Waals surface area (Å²) in [4.78, 5) is 8.66. The Kier molecular flexibility index (Phi) is 6.74. The van der Waals surface area contributed by atoms with E-state index in [9.17, 15) is 0 Å². The highest BCUT2D eigenvalue weighted by Gasteiger charge is 2.22. The van der Waals surface area contributed by atoms with Gasteiger partial charge in [0.05, 0.1) is 39.0 Å². The highest BCUT2D eigenvalue weighted by Crippen LogP contribution is 2.24. The monoisotopic (exact) mass is 409 g/mol. The van der Waals surface area contributed by atoms with E-state index in [1.54, 1.807) is 14.2 Å². The van der Waals surface area contributed by atoms with Gasteiger partial charge in [-0.2, -0.15) is 0 Å². The third-order valence-corrected chi connectivity index (χ3v) is 5.26. The van der Waals surface area contributed by atoms with Crippen LogP contribution >= 0.6 is 0 Å². The number of nitrogens with one attached hydrogen (secondary N) is 1. The van der Waals surface area contributed by atoms with Crippen LogP contribution in [0.4, 0.5) is 0 Å². The third-order valence-electron chi connectivity index (χ3n) is 5.26. The number of aromatic nitrogens is 2. The summed E-state index contributed by atoms with van der Waals surface area (Å²) in [6.07, 6.45) is 5.12. The van der Waals surface area contributed by atoms with Crippen molar-refractivity contribution in [3.8, 4) is 11.6 Å². The van der Waals surface area contributed by atoms with Gasteiger partial charge in [-0.3, -0.25) is 4.98 Å². The molecule has 0 aliphatic carbocycles. The minimum atomic E-state index is -0.195. The predicted molar refractivity (Wildman–Crippen MR) is 114 cm³/mol. The molecule has 1 N–H and O–H groups in total. The summed E-state index contributed by atoms with van der Waals surface area (Å²) in [5.74, 6) is 1.45. The van der Waals surface area contributed by atoms with E-state index >= 15 is 0 Å². The normalized spacial score (nSPS) is 19.0. The Hall–Kier alpha value is -2.74. The summed E-state index contributed by atoms with van der Waals surface area (Å²) in [6.45, 7) is 1.96. The van der Waals surface area contributed by atoms with Gasteiger partial charge in [0.1, 0.15) is 5.75 Å². The Morgan fingerprint density at radius 2 is 1.90 bits per heavy atom. The van der Waals surface area contributed by atoms with Crippen LogP contribution in [-0.2, 0) is 22.4 Å². The molecule has 0 saturated carbocycles. The van der Waals surface area contributed by atoms with Crippen molar-refractivity contribution >= 4 is 10.9 Å². The van der Waals surface area contributed by atoms with Gasteiger partial charge in [0.2, 0.25) is 5.88 Å². The molecule has 0 bridgehead atoms. The molecule has 7 nitrogen and oxygen atoms in total. The number of methoxy groups -OCH3 is 2. The lowest BCUT2D eigenvalue weighted by Gasteiger charge is -2.30. The molecule has 1 saturated heterocycles. The zero-order valence-electron chi connectivity index (χ0n) is 17.3. The average molecular weight is 409 g/mol. The second kappa shape index (κ2) is 9.84. The van der Waals surface area contributed by atoms with Gasteiger partial charge in [0, 0.05) is 36.8 Å². The number of hydrogen-bond acceptors (Lipinski definition) is 7. The van der Waals surface area contributed by atoms with Gasteiger partial charge >= 0.3 is 0 Å². The maximum atomic E-state index is 5.93. The van der Waals surface area contributed by atoms with Crippen molar-refractivity contribution < 1.29 is 18.9 Å². The lowest BCUT2D eigenvalue weighted by molar-refractivity contribution is -0.192. The van der Waals surface area contributed by atoms with Crippen molar-refractivity contribution in [3.05, 3.63) is 59.9 Å². The predicted octanol–water partition coefficient (Wildman–Crippen LogP) is 3.11. The topological polar surface area (TPSA) is 74.7 Å². The lowest BCUT2D eigenvalue weighted by atomic mass is 10.0. The van der Waals surface area contributed by atoms with Gasteiger partial charge < -0.3 is 24.3 Å². The zero-order chi connectivity index (χ0) is 20.8. The molecule has 3 aromatic rings. The minimum absolute atomic E-state index is 0.161. The van der Waals surface area contributed by atoms with Crippen molar-refractivity contribution in [2.45, 2.75) is 31.7 Å². The summed E-state index contributed by atoms with van der Waals surface area (Å²) in [5.41, 5.74) is 3.28. The first-order chi connectivity index (χ1) is 14.7. The number of pyridine rings is 2. The molecule has 0 atom stereocenters. The number of ether oxygens (including phenoxy) is 4. The molecule has 1 aromatic carbocycles. The Morgan fingerprint density at radius 1 is 1.03 bits per heavy atom. The molecular formula is C23H27N3O4. The first-order valence-corrected chi connectivity index (χ1v) is 10.1. The Bertz CT molecular complexity index is 956. The molecule has 1 aliphatic heterocycles. The van der Waals surface area contributed by atoms with E-state index in [4.69, 9.17) is 18.9 Å². The Labute approximate surface area is 176 Å². The highest BCUT2D eigenvalue weighted by molar-refractivity contribution is 5.83. The van der Waals surface area contributed by atoms with Crippen molar-refractivity contribution in [2.24, 2.45) is 0 Å². The van der Waals surface area contributed by atoms with Gasteiger partial charge in [0.25, 0.3) is 0 Å². The summed E-state index contributed by atoms with van der Waals surface area (Å²) in [5, 5.41) is 4.56. The molecule has 4 rings (SSSR count). The standard InChI is InChI=1S/C23H27N3O4/c1-27-19-5-6-21-20(11-19)17(9-10-24-21)4-8-23-29-14-18(15-30-23)25-12-16-3-7-22(28-2)26-13-16/h3,5-7,9-11,13,18,23,25H,4,8,12,14-15H2,1-2H3. The van der Waals surface area contributed by atoms with Crippen molar-refractivity contribution in [3.63, 3.8) is 0 Å². The maximum Gasteiger partial charge on any atom is 0.212 e. The van der Waals surface area contributed by atoms with Crippen LogP contribution in [0, 0.1) is 0 Å². The second-order valence-corrected chi connectivity index (χ2v) is 7.27. The SMILES string of the molecule is COc1ccc2nccc(CCC3OCC(NCc4ccc(OC)nc4)CO3)c2c1. The number of nitrogens with zero attached hydrogens (tertiary/aromatic N) is 2. The maximum absolute atomic E-state index is 5.93. The molecule has 0 radical (unpaired) electrons. The van der Waals surface area contributed by atoms with Crippen LogP contribution < -0.4 is 14.8 Å². The van der Waals surface area contributed by atoms with Gasteiger partial charge in [-0.25, -0.2) is 4.98 Å². The van der Waals surface area contributed by atoms with E-state index in [1.165, 1.54) is 5.56 Å². The molecule has 1 fully saturated rings. The first-order valence-electron chi connectivity index (χ1n) is 10.1. The Balaban J connectivity index is 1.25. The molecule has 7 heteroatoms. The fourth-order valence-corrected chi connectivity index (χ4v) is 3.53. The molecule has 0 unspecified atom stereocenters. The van der Waals surface area contributed by atoms with Gasteiger partial charge in [-0.1, -0.05) is 6.07 Å². The summed E-state index contributed by atoms with van der Waals surface area (Å²) >= 11 is 0. The quantitative estimate of drug-likeness (QED) is 0.613. The number of aryl methyl sites for hydroxylation is 1. The summed E-state index contributed by atoms with van der Waals surface area (Å²) < 4.78 is 22.3. The van der Waals surface area contributed by atoms with Crippen LogP contribution in [0.2, 0.25) is 0 Å². The minimum Gasteiger partial charge on any atom is -0.497 e. The van der Waals surface area contributed by atoms with Crippen molar-refractivity contribution in [1.29, 1.82) is 0 Å². The van der Waals surface area contributed by atoms with E-state index < -0.39 is 0 Å². The van der Waals surface area contributed by atoms with E-state index in [0.717, 1.165) is 35.1 Å². The summed E-state index contributed by atoms with van der Waals surface area (Å²) in [7, 11) is 3.29. The molecule has 158 valence electrons. The van der Waals surface area contributed by atoms with Gasteiger partial charge in [-0.05, 0) is 41.8 Å². The van der Waals surface area contributed by atoms with Crippen LogP contribution in [0.25, 0.3) is 10.9 Å². The van der Waals surface area contributed by atoms with E-state index in [2.05, 4.69) is 21.4 Å². The van der Waals surface area contributed by atoms with Crippen LogP contribution in [0.5, 0.6) is 11.6 Å². The molecule has 2 aromatic heterocycles. The molecule has 3 heterocycles. The fraction of sp³-hybridized carbons (Fsp3) is 0.391. The van der Waals surface area contributed by atoms with E-state index in [0.29, 0.717) is 25.6 Å². The second-order valence-electron chi connectivity index (χ2n) is 7.27. The smallest absolute Gasteiger partial charge is 0.212 e. The number of hydrogen-bond donors (Lipinski definition) is 1. The molecule has 0 amide bonds. The average Bonchev–Trinajstić information content (AvgIpc) is 2.82. The molecule has 0 spiro atoms. The lowest BCUT2D eigenvalue weighted by Crippen LogP contribution is -2.44. The third kappa shape index (κ3) is 5.05. The van der Waals surface area contributed by atoms with Gasteiger partial charge in [-0.15, -0.1) is 0 Å². The molecule has 1 aliphatic rings. The zero-order valence-corrected chi connectivity index (χ0v) is 17.3. The fourth-order valence-electron chi connectivity index (χ4n) is 3.53. The largest absolute Gasteiger partial charge is 0.497 e. The highest BCUT2D eigenvalue weighted by atomic mass is 16.7. The van der Waals surface area contributed by atoms with Crippen molar-refractivity contribution in [2.75, 3.05) is 27.4 Å². The van der Waals surface area contributed by atoms with Crippen LogP contribution in [0.15, 0.2) is 48.8 Å². The molecular weight excluding hydrogens is 382 g/mol. The first kappa shape index (κ1) is 20.5. The van der Waals surface area contributed by atoms with Crippen LogP contribution in [0.1, 0.15) is 17.5 Å². The van der Waals surface area contributed by atoms with Crippen LogP contribution in [-0.4, -0.2) is 49.7 Å². The Morgan fingerprint density at radius 3 is 2.63 bits per heavy atom. The number of benzene rings is 1. The number of fused-ring (bicyclic) bond motifs is 1. The van der Waals surface area contributed by atoms with Crippen molar-refractivity contribution in [1.82, 2.24) is 15.3 Å².